The number of hydrogen-bond donors (Lipinski definition) is 1. The molecule has 1 unspecified atom stereocenters. The summed E-state index contributed by atoms with van der Waals surface area (Å²) in [6.45, 7) is 6.00. The van der Waals surface area contributed by atoms with Crippen molar-refractivity contribution in [2.75, 3.05) is 10.2 Å². The minimum Gasteiger partial charge on any atom is -0.321 e. The number of carbonyl (C=O) groups excluding carboxylic acids is 2. The Morgan fingerprint density at radius 2 is 1.62 bits per heavy atom. The first kappa shape index (κ1) is 26.2. The molecule has 37 heavy (non-hydrogen) atoms. The van der Waals surface area contributed by atoms with Gasteiger partial charge in [-0.05, 0) is 67.5 Å². The van der Waals surface area contributed by atoms with E-state index in [1.54, 1.807) is 11.0 Å². The van der Waals surface area contributed by atoms with E-state index in [-0.39, 0.29) is 11.5 Å². The number of anilines is 2. The van der Waals surface area contributed by atoms with Crippen molar-refractivity contribution in [1.82, 2.24) is 0 Å². The van der Waals surface area contributed by atoms with Crippen LogP contribution in [0.4, 0.5) is 11.4 Å². The van der Waals surface area contributed by atoms with E-state index in [0.29, 0.717) is 22.8 Å². The van der Waals surface area contributed by atoms with Crippen LogP contribution in [0.1, 0.15) is 42.0 Å². The summed E-state index contributed by atoms with van der Waals surface area (Å²) in [5, 5.41) is 12.9. The van der Waals surface area contributed by atoms with Crippen LogP contribution in [-0.2, 0) is 22.4 Å². The number of rotatable bonds is 8. The second-order valence-corrected chi connectivity index (χ2v) is 10.4. The van der Waals surface area contributed by atoms with Crippen molar-refractivity contribution in [2.45, 2.75) is 51.7 Å². The van der Waals surface area contributed by atoms with Gasteiger partial charge in [0.15, 0.2) is 0 Å². The molecule has 0 spiro atoms. The molecule has 1 aliphatic rings. The van der Waals surface area contributed by atoms with E-state index in [9.17, 15) is 14.9 Å². The van der Waals surface area contributed by atoms with Gasteiger partial charge in [0.2, 0.25) is 5.91 Å². The Bertz CT molecular complexity index is 1370. The third-order valence-electron chi connectivity index (χ3n) is 6.52. The van der Waals surface area contributed by atoms with Crippen LogP contribution < -0.4 is 10.2 Å². The molecule has 4 rings (SSSR count). The molecule has 0 aromatic heterocycles. The second kappa shape index (κ2) is 11.9. The average molecular weight is 510 g/mol. The highest BCUT2D eigenvalue weighted by Crippen LogP contribution is 2.43. The minimum absolute atomic E-state index is 0.0673. The maximum absolute atomic E-state index is 13.8. The number of nitriles is 1. The molecule has 3 aromatic rings. The lowest BCUT2D eigenvalue weighted by Gasteiger charge is -2.20. The van der Waals surface area contributed by atoms with Crippen molar-refractivity contribution in [1.29, 1.82) is 5.26 Å². The number of thioether (sulfide) groups is 1. The fraction of sp³-hybridized carbons (Fsp3) is 0.258. The molecule has 5 nitrogen and oxygen atoms in total. The highest BCUT2D eigenvalue weighted by molar-refractivity contribution is 8.05. The number of nitrogens with one attached hydrogen (secondary N) is 1. The van der Waals surface area contributed by atoms with E-state index in [4.69, 9.17) is 0 Å². The minimum atomic E-state index is -0.522. The fourth-order valence-corrected chi connectivity index (χ4v) is 5.66. The van der Waals surface area contributed by atoms with Crippen molar-refractivity contribution in [3.8, 4) is 6.07 Å². The van der Waals surface area contributed by atoms with Gasteiger partial charge in [-0.25, -0.2) is 0 Å². The van der Waals surface area contributed by atoms with Crippen molar-refractivity contribution < 1.29 is 9.59 Å². The van der Waals surface area contributed by atoms with E-state index in [1.165, 1.54) is 17.3 Å². The summed E-state index contributed by atoms with van der Waals surface area (Å²) in [5.41, 5.74) is 5.39. The second-order valence-electron chi connectivity index (χ2n) is 9.25. The molecule has 188 valence electrons. The van der Waals surface area contributed by atoms with Gasteiger partial charge < -0.3 is 5.32 Å². The van der Waals surface area contributed by atoms with Crippen LogP contribution in [0.25, 0.3) is 0 Å². The van der Waals surface area contributed by atoms with Crippen molar-refractivity contribution in [3.63, 3.8) is 0 Å². The highest BCUT2D eigenvalue weighted by Gasteiger charge is 2.41. The lowest BCUT2D eigenvalue weighted by Crippen LogP contribution is -2.31. The van der Waals surface area contributed by atoms with Gasteiger partial charge in [-0.2, -0.15) is 5.26 Å². The molecule has 2 amide bonds. The molecule has 1 atom stereocenters. The van der Waals surface area contributed by atoms with Crippen LogP contribution in [0.5, 0.6) is 0 Å². The molecule has 1 heterocycles. The average Bonchev–Trinajstić information content (AvgIpc) is 3.20. The molecular formula is C31H31N3O2S. The summed E-state index contributed by atoms with van der Waals surface area (Å²) in [5.74, 6) is -0.646. The van der Waals surface area contributed by atoms with Crippen LogP contribution in [0.2, 0.25) is 0 Å². The van der Waals surface area contributed by atoms with Gasteiger partial charge in [0, 0.05) is 5.69 Å². The first-order valence-corrected chi connectivity index (χ1v) is 13.5. The van der Waals surface area contributed by atoms with Crippen LogP contribution in [0.15, 0.2) is 83.4 Å². The molecular weight excluding hydrogens is 478 g/mol. The van der Waals surface area contributed by atoms with Gasteiger partial charge in [-0.1, -0.05) is 85.8 Å². The Balaban J connectivity index is 1.68. The molecule has 0 radical (unpaired) electrons. The summed E-state index contributed by atoms with van der Waals surface area (Å²) in [6, 6.07) is 25.5. The smallest absolute Gasteiger partial charge is 0.269 e. The number of benzene rings is 3. The lowest BCUT2D eigenvalue weighted by atomic mass is 10.0. The summed E-state index contributed by atoms with van der Waals surface area (Å²) < 4.78 is 0. The SMILES string of the molecule is CCCCc1ccc(CC2SC(=C(C#N)C(=O)Nc3ccccc3C)N(c3ccccc3C)C2=O)cc1. The number of unbranched alkanes of at least 4 members (excludes halogenated alkanes) is 1. The van der Waals surface area contributed by atoms with E-state index < -0.39 is 11.2 Å². The van der Waals surface area contributed by atoms with E-state index in [0.717, 1.165) is 36.0 Å². The number of carbonyl (C=O) groups is 2. The Hall–Kier alpha value is -3.82. The molecule has 1 fully saturated rings. The zero-order chi connectivity index (χ0) is 26.4. The first-order chi connectivity index (χ1) is 17.9. The summed E-state index contributed by atoms with van der Waals surface area (Å²) in [6.07, 6.45) is 3.86. The Kier molecular flexibility index (Phi) is 8.47. The molecule has 1 N–H and O–H groups in total. The van der Waals surface area contributed by atoms with Gasteiger partial charge in [-0.15, -0.1) is 0 Å². The molecule has 6 heteroatoms. The molecule has 0 aliphatic carbocycles. The maximum Gasteiger partial charge on any atom is 0.269 e. The fourth-order valence-electron chi connectivity index (χ4n) is 4.35. The molecule has 3 aromatic carbocycles. The first-order valence-electron chi connectivity index (χ1n) is 12.6. The number of nitrogens with zero attached hydrogens (tertiary/aromatic N) is 2. The topological polar surface area (TPSA) is 73.2 Å². The third kappa shape index (κ3) is 5.95. The maximum atomic E-state index is 13.8. The van der Waals surface area contributed by atoms with Crippen molar-refractivity contribution in [2.24, 2.45) is 0 Å². The summed E-state index contributed by atoms with van der Waals surface area (Å²) in [4.78, 5) is 28.6. The van der Waals surface area contributed by atoms with Crippen LogP contribution >= 0.6 is 11.8 Å². The standard InChI is InChI=1S/C31H31N3O2S/c1-4-5-12-23-15-17-24(18-16-23)19-28-30(36)34(27-14-9-7-11-22(27)3)31(37-28)25(20-32)29(35)33-26-13-8-6-10-21(26)2/h6-11,13-18,28H,4-5,12,19H2,1-3H3,(H,33,35). The Labute approximate surface area is 223 Å². The number of hydrogen-bond acceptors (Lipinski definition) is 4. The predicted octanol–water partition coefficient (Wildman–Crippen LogP) is 6.71. The van der Waals surface area contributed by atoms with Crippen LogP contribution in [0, 0.1) is 25.2 Å². The van der Waals surface area contributed by atoms with Gasteiger partial charge in [0.1, 0.15) is 16.7 Å². The van der Waals surface area contributed by atoms with Gasteiger partial charge >= 0.3 is 0 Å². The molecule has 1 aliphatic heterocycles. The Morgan fingerprint density at radius 1 is 0.973 bits per heavy atom. The van der Waals surface area contributed by atoms with E-state index in [1.807, 2.05) is 56.3 Å². The van der Waals surface area contributed by atoms with E-state index >= 15 is 0 Å². The zero-order valence-electron chi connectivity index (χ0n) is 21.5. The predicted molar refractivity (Wildman–Crippen MR) is 151 cm³/mol. The van der Waals surface area contributed by atoms with Crippen LogP contribution in [0.3, 0.4) is 0 Å². The van der Waals surface area contributed by atoms with E-state index in [2.05, 4.69) is 42.6 Å². The number of aryl methyl sites for hydroxylation is 3. The normalized spacial score (nSPS) is 16.4. The summed E-state index contributed by atoms with van der Waals surface area (Å²) >= 11 is 1.29. The van der Waals surface area contributed by atoms with Crippen LogP contribution in [-0.4, -0.2) is 17.1 Å². The van der Waals surface area contributed by atoms with Crippen molar-refractivity contribution in [3.05, 3.63) is 106 Å². The Morgan fingerprint density at radius 3 is 2.27 bits per heavy atom. The number of amides is 2. The van der Waals surface area contributed by atoms with Gasteiger partial charge in [0.25, 0.3) is 5.91 Å². The van der Waals surface area contributed by atoms with Gasteiger partial charge in [0.05, 0.1) is 10.9 Å². The lowest BCUT2D eigenvalue weighted by molar-refractivity contribution is -0.117. The number of para-hydroxylation sites is 2. The molecule has 0 saturated carbocycles. The third-order valence-corrected chi connectivity index (χ3v) is 7.78. The molecule has 1 saturated heterocycles. The van der Waals surface area contributed by atoms with Crippen molar-refractivity contribution >= 4 is 35.0 Å². The zero-order valence-corrected chi connectivity index (χ0v) is 22.3. The highest BCUT2D eigenvalue weighted by atomic mass is 32.2. The molecule has 0 bridgehead atoms. The summed E-state index contributed by atoms with van der Waals surface area (Å²) in [7, 11) is 0. The monoisotopic (exact) mass is 509 g/mol. The van der Waals surface area contributed by atoms with Gasteiger partial charge in [-0.3, -0.25) is 14.5 Å². The quantitative estimate of drug-likeness (QED) is 0.270. The largest absolute Gasteiger partial charge is 0.321 e.